The molecule has 0 aromatic heterocycles. The normalized spacial score (nSPS) is 14.3. The van der Waals surface area contributed by atoms with Gasteiger partial charge in [0.05, 0.1) is 45.5 Å². The minimum atomic E-state index is -1.45. The number of nitrogens with zero attached hydrogens (tertiary/aromatic N) is 1. The summed E-state index contributed by atoms with van der Waals surface area (Å²) < 4.78 is 20.9. The molecule has 2 unspecified atom stereocenters. The molecule has 0 saturated carbocycles. The summed E-state index contributed by atoms with van der Waals surface area (Å²) in [6.45, 7) is 10.4. The van der Waals surface area contributed by atoms with Gasteiger partial charge < -0.3 is 40.4 Å². The van der Waals surface area contributed by atoms with Crippen LogP contribution in [-0.4, -0.2) is 86.2 Å². The van der Waals surface area contributed by atoms with Crippen LogP contribution in [0.15, 0.2) is 48.5 Å². The third-order valence-electron chi connectivity index (χ3n) is 7.83. The van der Waals surface area contributed by atoms with Gasteiger partial charge in [0.1, 0.15) is 6.04 Å². The Morgan fingerprint density at radius 1 is 0.816 bits per heavy atom. The number of carbonyl (C=O) groups is 4. The van der Waals surface area contributed by atoms with Crippen molar-refractivity contribution in [2.24, 2.45) is 23.5 Å². The molecular weight excluding hydrogens is 634 g/mol. The molecule has 14 nitrogen and oxygen atoms in total. The summed E-state index contributed by atoms with van der Waals surface area (Å²) in [5.41, 5.74) is 10.8. The van der Waals surface area contributed by atoms with Gasteiger partial charge in [-0.2, -0.15) is 0 Å². The number of alkyl carbamates (subject to hydrolysis) is 2. The predicted octanol–water partition coefficient (Wildman–Crippen LogP) is 3.32. The first-order chi connectivity index (χ1) is 23.3. The molecule has 0 radical (unpaired) electrons. The van der Waals surface area contributed by atoms with Gasteiger partial charge in [-0.15, -0.1) is 0 Å². The molecule has 3 amide bonds. The van der Waals surface area contributed by atoms with Crippen molar-refractivity contribution in [2.45, 2.75) is 72.3 Å². The maximum atomic E-state index is 14.3. The quantitative estimate of drug-likeness (QED) is 0.136. The van der Waals surface area contributed by atoms with Crippen LogP contribution in [0.25, 0.3) is 0 Å². The highest BCUT2D eigenvalue weighted by Crippen LogP contribution is 2.29. The van der Waals surface area contributed by atoms with E-state index in [0.717, 1.165) is 0 Å². The SMILES string of the molecule is CCOC(=O)N[C@H](C(=O)NN(Cc1ccc(OC)c(OC)c1)C[C@H](O)C(C(=O)[C@@H](NC(=O)OCC)C(C)C)C(N)c1ccccc1)C(C)C. The van der Waals surface area contributed by atoms with Crippen molar-refractivity contribution in [3.05, 3.63) is 59.7 Å². The number of ketones is 1. The molecule has 0 aliphatic heterocycles. The Hall–Kier alpha value is -4.40. The van der Waals surface area contributed by atoms with E-state index in [1.165, 1.54) is 19.2 Å². The fraction of sp³-hybridized carbons (Fsp3) is 0.543. The van der Waals surface area contributed by atoms with Crippen molar-refractivity contribution in [2.75, 3.05) is 34.0 Å². The van der Waals surface area contributed by atoms with Crippen LogP contribution in [0.2, 0.25) is 0 Å². The largest absolute Gasteiger partial charge is 0.493 e. The maximum Gasteiger partial charge on any atom is 0.407 e. The summed E-state index contributed by atoms with van der Waals surface area (Å²) in [6.07, 6.45) is -2.98. The first-order valence-corrected chi connectivity index (χ1v) is 16.4. The summed E-state index contributed by atoms with van der Waals surface area (Å²) in [5.74, 6) is -2.09. The van der Waals surface area contributed by atoms with Gasteiger partial charge in [-0.1, -0.05) is 64.1 Å². The lowest BCUT2D eigenvalue weighted by Crippen LogP contribution is -2.57. The number of hydrogen-bond acceptors (Lipinski definition) is 11. The lowest BCUT2D eigenvalue weighted by atomic mass is 9.80. The number of benzene rings is 2. The number of hydrogen-bond donors (Lipinski definition) is 5. The molecule has 0 saturated heterocycles. The Morgan fingerprint density at radius 3 is 1.88 bits per heavy atom. The van der Waals surface area contributed by atoms with Crippen molar-refractivity contribution >= 4 is 23.9 Å². The highest BCUT2D eigenvalue weighted by molar-refractivity contribution is 5.90. The second-order valence-corrected chi connectivity index (χ2v) is 12.2. The van der Waals surface area contributed by atoms with E-state index in [0.29, 0.717) is 22.6 Å². The highest BCUT2D eigenvalue weighted by atomic mass is 16.6. The Labute approximate surface area is 288 Å². The Balaban J connectivity index is 2.56. The molecule has 14 heteroatoms. The van der Waals surface area contributed by atoms with Crippen molar-refractivity contribution < 1.29 is 43.2 Å². The average molecular weight is 688 g/mol. The highest BCUT2D eigenvalue weighted by Gasteiger charge is 2.40. The second-order valence-electron chi connectivity index (χ2n) is 12.2. The summed E-state index contributed by atoms with van der Waals surface area (Å²) >= 11 is 0. The number of amides is 3. The van der Waals surface area contributed by atoms with E-state index < -0.39 is 54.0 Å². The predicted molar refractivity (Wildman–Crippen MR) is 184 cm³/mol. The number of nitrogens with one attached hydrogen (secondary N) is 3. The molecule has 0 fully saturated rings. The molecule has 49 heavy (non-hydrogen) atoms. The zero-order valence-electron chi connectivity index (χ0n) is 29.7. The molecule has 0 spiro atoms. The van der Waals surface area contributed by atoms with E-state index in [-0.39, 0.29) is 38.1 Å². The molecule has 272 valence electrons. The molecule has 0 aliphatic rings. The van der Waals surface area contributed by atoms with Crippen molar-refractivity contribution in [1.29, 1.82) is 0 Å². The fourth-order valence-electron chi connectivity index (χ4n) is 5.31. The summed E-state index contributed by atoms with van der Waals surface area (Å²) in [4.78, 5) is 52.6. The van der Waals surface area contributed by atoms with Gasteiger partial charge in [-0.25, -0.2) is 14.6 Å². The van der Waals surface area contributed by atoms with Gasteiger partial charge in [0.2, 0.25) is 0 Å². The summed E-state index contributed by atoms with van der Waals surface area (Å²) in [7, 11) is 3.01. The number of nitrogens with two attached hydrogens (primary N) is 1. The third-order valence-corrected chi connectivity index (χ3v) is 7.83. The molecular formula is C35H53N5O9. The van der Waals surface area contributed by atoms with E-state index >= 15 is 0 Å². The molecule has 5 atom stereocenters. The lowest BCUT2D eigenvalue weighted by Gasteiger charge is -2.35. The number of aliphatic hydroxyl groups excluding tert-OH is 1. The first kappa shape index (κ1) is 40.8. The Morgan fingerprint density at radius 2 is 1.37 bits per heavy atom. The van der Waals surface area contributed by atoms with Gasteiger partial charge in [-0.3, -0.25) is 15.0 Å². The molecule has 0 aliphatic carbocycles. The van der Waals surface area contributed by atoms with Crippen molar-refractivity contribution in [3.63, 3.8) is 0 Å². The van der Waals surface area contributed by atoms with Crippen LogP contribution in [0.3, 0.4) is 0 Å². The summed E-state index contributed by atoms with van der Waals surface area (Å²) in [6, 6.07) is 11.0. The van der Waals surface area contributed by atoms with Crippen LogP contribution < -0.4 is 31.3 Å². The third kappa shape index (κ3) is 12.2. The van der Waals surface area contributed by atoms with Crippen LogP contribution in [-0.2, 0) is 25.6 Å². The molecule has 2 aromatic carbocycles. The molecule has 0 bridgehead atoms. The van der Waals surface area contributed by atoms with Gasteiger partial charge in [-0.05, 0) is 48.9 Å². The Kier molecular flexibility index (Phi) is 16.8. The minimum Gasteiger partial charge on any atom is -0.493 e. The smallest absolute Gasteiger partial charge is 0.407 e. The zero-order chi connectivity index (χ0) is 36.7. The van der Waals surface area contributed by atoms with Crippen molar-refractivity contribution in [1.82, 2.24) is 21.1 Å². The van der Waals surface area contributed by atoms with Gasteiger partial charge in [0.25, 0.3) is 5.91 Å². The summed E-state index contributed by atoms with van der Waals surface area (Å²) in [5, 5.41) is 18.6. The number of carbonyl (C=O) groups excluding carboxylic acids is 4. The number of methoxy groups -OCH3 is 2. The topological polar surface area (TPSA) is 191 Å². The van der Waals surface area contributed by atoms with Gasteiger partial charge >= 0.3 is 12.2 Å². The average Bonchev–Trinajstić information content (AvgIpc) is 3.06. The number of aliphatic hydroxyl groups is 1. The van der Waals surface area contributed by atoms with Crippen LogP contribution in [0.5, 0.6) is 11.5 Å². The van der Waals surface area contributed by atoms with Gasteiger partial charge in [0.15, 0.2) is 17.3 Å². The van der Waals surface area contributed by atoms with Crippen molar-refractivity contribution in [3.8, 4) is 11.5 Å². The number of hydrazine groups is 1. The van der Waals surface area contributed by atoms with Crippen LogP contribution in [0.4, 0.5) is 9.59 Å². The van der Waals surface area contributed by atoms with Gasteiger partial charge in [0, 0.05) is 19.1 Å². The van der Waals surface area contributed by atoms with E-state index in [1.807, 2.05) is 0 Å². The van der Waals surface area contributed by atoms with E-state index in [1.54, 1.807) is 90.1 Å². The van der Waals surface area contributed by atoms with E-state index in [4.69, 9.17) is 24.7 Å². The molecule has 2 aromatic rings. The number of ether oxygens (including phenoxy) is 4. The van der Waals surface area contributed by atoms with Crippen LogP contribution in [0, 0.1) is 17.8 Å². The minimum absolute atomic E-state index is 0.0452. The van der Waals surface area contributed by atoms with E-state index in [9.17, 15) is 24.3 Å². The standard InChI is InChI=1S/C35H53N5O9/c1-9-48-34(44)37-30(21(3)4)32(42)28(29(36)24-14-12-11-13-15-24)25(41)20-40(19-23-16-17-26(46-7)27(18-23)47-8)39-33(43)31(22(5)6)38-35(45)49-10-2/h11-18,21-22,25,28-31,41H,9-10,19-20,36H2,1-8H3,(H,37,44)(H,38,45)(H,39,43)/t25-,28?,29?,30-,31-/m0/s1. The van der Waals surface area contributed by atoms with Crippen LogP contribution >= 0.6 is 0 Å². The number of rotatable bonds is 19. The number of Topliss-reactive ketones (excluding diaryl/α,β-unsaturated/α-hetero) is 1. The molecule has 2 rings (SSSR count). The first-order valence-electron chi connectivity index (χ1n) is 16.4. The lowest BCUT2D eigenvalue weighted by molar-refractivity contribution is -0.133. The second kappa shape index (κ2) is 20.2. The maximum absolute atomic E-state index is 14.3. The molecule has 0 heterocycles. The van der Waals surface area contributed by atoms with E-state index in [2.05, 4.69) is 16.1 Å². The fourth-order valence-corrected chi connectivity index (χ4v) is 5.31. The Bertz CT molecular complexity index is 1360. The molecule has 6 N–H and O–H groups in total. The van der Waals surface area contributed by atoms with Crippen LogP contribution in [0.1, 0.15) is 58.7 Å². The zero-order valence-corrected chi connectivity index (χ0v) is 29.7. The monoisotopic (exact) mass is 687 g/mol.